The summed E-state index contributed by atoms with van der Waals surface area (Å²) in [5, 5.41) is 3.55. The molecule has 3 fully saturated rings. The number of alkyl halides is 2. The molecule has 2 saturated heterocycles. The Bertz CT molecular complexity index is 2040. The predicted octanol–water partition coefficient (Wildman–Crippen LogP) is 4.49. The highest BCUT2D eigenvalue weighted by molar-refractivity contribution is 7.92. The van der Waals surface area contributed by atoms with Gasteiger partial charge in [-0.1, -0.05) is 0 Å². The van der Waals surface area contributed by atoms with Crippen molar-refractivity contribution >= 4 is 49.9 Å². The lowest BCUT2D eigenvalue weighted by Crippen LogP contribution is -2.45. The Morgan fingerprint density at radius 3 is 2.56 bits per heavy atom. The SMILES string of the molecule is CCOC(=O)N[C@@H]1C[C@@H]2CC[C@H]1N2C(=O)c1cc(OC)c2c(c1)nc(-c1cc3ccc(N(C(F)F)S(C)(=O)=O)nc3n1CC1CC1)n2C. The van der Waals surface area contributed by atoms with Gasteiger partial charge in [-0.05, 0) is 75.3 Å². The molecule has 7 rings (SSSR count). The van der Waals surface area contributed by atoms with Gasteiger partial charge in [0, 0.05) is 30.6 Å². The molecule has 0 radical (unpaired) electrons. The number of fused-ring (bicyclic) bond motifs is 4. The number of hydrogen-bond donors (Lipinski definition) is 1. The molecular formula is C32H37F2N7O6S. The van der Waals surface area contributed by atoms with Crippen LogP contribution in [0.5, 0.6) is 5.75 Å². The number of carbonyl (C=O) groups excluding carboxylic acids is 2. The quantitative estimate of drug-likeness (QED) is 0.241. The Kier molecular flexibility index (Phi) is 7.95. The number of aromatic nitrogens is 4. The number of nitrogens with zero attached hydrogens (tertiary/aromatic N) is 6. The number of pyridine rings is 1. The van der Waals surface area contributed by atoms with Gasteiger partial charge in [0.1, 0.15) is 22.7 Å². The molecule has 1 N–H and O–H groups in total. The second-order valence-electron chi connectivity index (χ2n) is 12.8. The molecule has 3 aliphatic rings. The molecule has 13 nitrogen and oxygen atoms in total. The first-order valence-corrected chi connectivity index (χ1v) is 17.8. The van der Waals surface area contributed by atoms with E-state index in [0.717, 1.165) is 31.9 Å². The maximum atomic E-state index is 14.0. The number of imidazole rings is 1. The van der Waals surface area contributed by atoms with Gasteiger partial charge in [0.2, 0.25) is 10.0 Å². The third-order valence-electron chi connectivity index (χ3n) is 9.61. The summed E-state index contributed by atoms with van der Waals surface area (Å²) in [6.07, 6.45) is 4.52. The molecule has 16 heteroatoms. The number of ether oxygens (including phenoxy) is 2. The number of rotatable bonds is 10. The van der Waals surface area contributed by atoms with Crippen molar-refractivity contribution in [3.05, 3.63) is 35.9 Å². The zero-order chi connectivity index (χ0) is 34.1. The number of amides is 2. The summed E-state index contributed by atoms with van der Waals surface area (Å²) in [6.45, 7) is -0.740. The van der Waals surface area contributed by atoms with Crippen molar-refractivity contribution in [1.29, 1.82) is 0 Å². The van der Waals surface area contributed by atoms with E-state index >= 15 is 0 Å². The molecule has 2 bridgehead atoms. The van der Waals surface area contributed by atoms with Gasteiger partial charge < -0.3 is 28.8 Å². The van der Waals surface area contributed by atoms with Gasteiger partial charge in [-0.3, -0.25) is 4.79 Å². The average molecular weight is 686 g/mol. The fourth-order valence-electron chi connectivity index (χ4n) is 7.34. The fraction of sp³-hybridized carbons (Fsp3) is 0.500. The molecule has 0 unspecified atom stereocenters. The summed E-state index contributed by atoms with van der Waals surface area (Å²) >= 11 is 0. The number of aryl methyl sites for hydroxylation is 1. The Morgan fingerprint density at radius 2 is 1.90 bits per heavy atom. The van der Waals surface area contributed by atoms with Gasteiger partial charge in [0.15, 0.2) is 5.82 Å². The molecule has 0 spiro atoms. The third kappa shape index (κ3) is 5.48. The first kappa shape index (κ1) is 32.1. The smallest absolute Gasteiger partial charge is 0.407 e. The van der Waals surface area contributed by atoms with Crippen LogP contribution in [-0.2, 0) is 28.4 Å². The standard InChI is InChI=1S/C32H37F2N7O6S/c1-5-47-32(43)36-21-15-20-9-10-23(21)40(20)30(42)19-12-22-27(25(14-19)46-3)38(2)29(35-22)24-13-18-8-11-26(41(31(33)34)48(4,44)45)37-28(18)39(24)16-17-6-7-17/h8,11-14,17,20-21,23,31H,5-7,9-10,15-16H2,1-4H3,(H,36,43)/t20-,21+,23+/m0/s1. The van der Waals surface area contributed by atoms with Crippen LogP contribution in [0.4, 0.5) is 19.4 Å². The molecule has 3 atom stereocenters. The molecule has 4 aromatic rings. The van der Waals surface area contributed by atoms with E-state index in [4.69, 9.17) is 14.5 Å². The summed E-state index contributed by atoms with van der Waals surface area (Å²) in [7, 11) is -0.929. The Labute approximate surface area is 275 Å². The molecule has 2 amide bonds. The van der Waals surface area contributed by atoms with E-state index in [2.05, 4.69) is 10.3 Å². The second kappa shape index (κ2) is 11.9. The van der Waals surface area contributed by atoms with E-state index in [1.165, 1.54) is 13.2 Å². The Balaban J connectivity index is 1.28. The van der Waals surface area contributed by atoms with Gasteiger partial charge >= 0.3 is 12.6 Å². The lowest BCUT2D eigenvalue weighted by atomic mass is 9.96. The fourth-order valence-corrected chi connectivity index (χ4v) is 8.07. The first-order valence-electron chi connectivity index (χ1n) is 16.0. The van der Waals surface area contributed by atoms with Crippen molar-refractivity contribution < 1.29 is 36.3 Å². The number of nitrogens with one attached hydrogen (secondary N) is 1. The van der Waals surface area contributed by atoms with E-state index in [9.17, 15) is 26.8 Å². The summed E-state index contributed by atoms with van der Waals surface area (Å²) in [5.41, 5.74) is 2.64. The molecular weight excluding hydrogens is 648 g/mol. The van der Waals surface area contributed by atoms with Crippen LogP contribution in [-0.4, -0.2) is 89.1 Å². The van der Waals surface area contributed by atoms with Gasteiger partial charge in [-0.25, -0.2) is 23.2 Å². The molecule has 3 aromatic heterocycles. The van der Waals surface area contributed by atoms with E-state index in [1.807, 2.05) is 27.1 Å². The van der Waals surface area contributed by atoms with Crippen molar-refractivity contribution in [2.75, 3.05) is 24.3 Å². The lowest BCUT2D eigenvalue weighted by molar-refractivity contribution is 0.0720. The number of alkyl carbamates (subject to hydrolysis) is 1. The Morgan fingerprint density at radius 1 is 1.12 bits per heavy atom. The lowest BCUT2D eigenvalue weighted by Gasteiger charge is -2.25. The number of halogens is 2. The van der Waals surface area contributed by atoms with Crippen molar-refractivity contribution in [2.45, 2.75) is 70.2 Å². The van der Waals surface area contributed by atoms with Crippen LogP contribution in [0, 0.1) is 5.92 Å². The zero-order valence-corrected chi connectivity index (χ0v) is 27.8. The molecule has 48 heavy (non-hydrogen) atoms. The van der Waals surface area contributed by atoms with Crippen LogP contribution in [0.25, 0.3) is 33.6 Å². The van der Waals surface area contributed by atoms with Crippen molar-refractivity contribution in [3.8, 4) is 17.3 Å². The number of hydrogen-bond acceptors (Lipinski definition) is 8. The highest BCUT2D eigenvalue weighted by atomic mass is 32.2. The minimum absolute atomic E-state index is 0.00498. The second-order valence-corrected chi connectivity index (χ2v) is 14.6. The maximum absolute atomic E-state index is 14.0. The first-order chi connectivity index (χ1) is 22.9. The largest absolute Gasteiger partial charge is 0.494 e. The van der Waals surface area contributed by atoms with Crippen LogP contribution < -0.4 is 14.4 Å². The third-order valence-corrected chi connectivity index (χ3v) is 10.7. The molecule has 1 aliphatic carbocycles. The van der Waals surface area contributed by atoms with Gasteiger partial charge in [0.05, 0.1) is 43.3 Å². The highest BCUT2D eigenvalue weighted by Gasteiger charge is 2.49. The van der Waals surface area contributed by atoms with E-state index < -0.39 is 22.7 Å². The molecule has 256 valence electrons. The van der Waals surface area contributed by atoms with E-state index in [0.29, 0.717) is 63.8 Å². The van der Waals surface area contributed by atoms with Gasteiger partial charge in [-0.15, -0.1) is 0 Å². The minimum atomic E-state index is -4.29. The number of sulfonamides is 1. The molecule has 1 saturated carbocycles. The number of anilines is 1. The van der Waals surface area contributed by atoms with Crippen LogP contribution >= 0.6 is 0 Å². The normalized spacial score (nSPS) is 20.6. The summed E-state index contributed by atoms with van der Waals surface area (Å²) in [5.74, 6) is 0.819. The van der Waals surface area contributed by atoms with Crippen molar-refractivity contribution in [3.63, 3.8) is 0 Å². The highest BCUT2D eigenvalue weighted by Crippen LogP contribution is 2.41. The molecule has 1 aromatic carbocycles. The minimum Gasteiger partial charge on any atom is -0.494 e. The topological polar surface area (TPSA) is 141 Å². The average Bonchev–Trinajstić information content (AvgIpc) is 3.34. The van der Waals surface area contributed by atoms with Crippen molar-refractivity contribution in [1.82, 2.24) is 29.3 Å². The van der Waals surface area contributed by atoms with Crippen molar-refractivity contribution in [2.24, 2.45) is 13.0 Å². The van der Waals surface area contributed by atoms with E-state index in [-0.39, 0.29) is 40.8 Å². The van der Waals surface area contributed by atoms with Crippen LogP contribution in [0.15, 0.2) is 30.3 Å². The van der Waals surface area contributed by atoms with Crippen LogP contribution in [0.1, 0.15) is 49.4 Å². The summed E-state index contributed by atoms with van der Waals surface area (Å²) < 4.78 is 66.8. The maximum Gasteiger partial charge on any atom is 0.407 e. The molecule has 2 aliphatic heterocycles. The van der Waals surface area contributed by atoms with Gasteiger partial charge in [0.25, 0.3) is 5.91 Å². The number of carbonyl (C=O) groups is 2. The predicted molar refractivity (Wildman–Crippen MR) is 174 cm³/mol. The summed E-state index contributed by atoms with van der Waals surface area (Å²) in [4.78, 5) is 37.4. The summed E-state index contributed by atoms with van der Waals surface area (Å²) in [6, 6.07) is 7.83. The number of methoxy groups -OCH3 is 1. The van der Waals surface area contributed by atoms with Crippen LogP contribution in [0.3, 0.4) is 0 Å². The monoisotopic (exact) mass is 685 g/mol. The number of benzene rings is 1. The van der Waals surface area contributed by atoms with Gasteiger partial charge in [-0.2, -0.15) is 13.1 Å². The molecule has 5 heterocycles. The van der Waals surface area contributed by atoms with E-state index in [1.54, 1.807) is 25.1 Å². The zero-order valence-electron chi connectivity index (χ0n) is 27.0. The van der Waals surface area contributed by atoms with Crippen LogP contribution in [0.2, 0.25) is 0 Å². The Hall–Kier alpha value is -4.47.